The van der Waals surface area contributed by atoms with E-state index in [4.69, 9.17) is 4.98 Å². The van der Waals surface area contributed by atoms with Crippen LogP contribution in [0.25, 0.3) is 33.5 Å². The highest BCUT2D eigenvalue weighted by Gasteiger charge is 2.24. The van der Waals surface area contributed by atoms with Crippen molar-refractivity contribution in [2.45, 2.75) is 26.2 Å². The molecular formula is C19H20N6. The fraction of sp³-hybridized carbons (Fsp3) is 0.263. The van der Waals surface area contributed by atoms with E-state index in [0.29, 0.717) is 5.65 Å². The van der Waals surface area contributed by atoms with Crippen molar-refractivity contribution in [2.24, 2.45) is 7.05 Å². The van der Waals surface area contributed by atoms with Crippen molar-refractivity contribution in [3.63, 3.8) is 0 Å². The maximum atomic E-state index is 4.76. The Morgan fingerprint density at radius 3 is 2.60 bits per heavy atom. The molecule has 4 rings (SSSR count). The number of rotatable bonds is 2. The minimum absolute atomic E-state index is 0.0736. The average molecular weight is 332 g/mol. The minimum atomic E-state index is -0.0736. The summed E-state index contributed by atoms with van der Waals surface area (Å²) in [6.45, 7) is 6.49. The Kier molecular flexibility index (Phi) is 3.42. The molecule has 0 aliphatic rings. The molecule has 0 bridgehead atoms. The zero-order chi connectivity index (χ0) is 17.6. The van der Waals surface area contributed by atoms with Crippen molar-refractivity contribution in [3.05, 3.63) is 48.5 Å². The van der Waals surface area contributed by atoms with Gasteiger partial charge in [-0.3, -0.25) is 14.8 Å². The maximum absolute atomic E-state index is 4.76. The second-order valence-corrected chi connectivity index (χ2v) is 7.22. The van der Waals surface area contributed by atoms with Crippen molar-refractivity contribution < 1.29 is 0 Å². The predicted molar refractivity (Wildman–Crippen MR) is 98.0 cm³/mol. The number of hydrogen-bond acceptors (Lipinski definition) is 4. The maximum Gasteiger partial charge on any atom is 0.182 e. The van der Waals surface area contributed by atoms with E-state index in [1.165, 1.54) is 0 Å². The van der Waals surface area contributed by atoms with Crippen LogP contribution >= 0.6 is 0 Å². The van der Waals surface area contributed by atoms with Gasteiger partial charge < -0.3 is 0 Å². The summed E-state index contributed by atoms with van der Waals surface area (Å²) in [4.78, 5) is 9.31. The van der Waals surface area contributed by atoms with Gasteiger partial charge >= 0.3 is 0 Å². The van der Waals surface area contributed by atoms with Gasteiger partial charge in [-0.25, -0.2) is 4.98 Å². The molecule has 0 radical (unpaired) electrons. The summed E-state index contributed by atoms with van der Waals surface area (Å²) in [5.41, 5.74) is 5.43. The number of aryl methyl sites for hydroxylation is 1. The third-order valence-electron chi connectivity index (χ3n) is 4.22. The molecule has 0 aliphatic heterocycles. The first-order valence-corrected chi connectivity index (χ1v) is 8.23. The van der Waals surface area contributed by atoms with Gasteiger partial charge in [0.2, 0.25) is 0 Å². The highest BCUT2D eigenvalue weighted by atomic mass is 15.2. The summed E-state index contributed by atoms with van der Waals surface area (Å²) >= 11 is 0. The molecule has 0 aromatic carbocycles. The molecule has 25 heavy (non-hydrogen) atoms. The lowest BCUT2D eigenvalue weighted by Gasteiger charge is -2.18. The molecule has 4 heterocycles. The summed E-state index contributed by atoms with van der Waals surface area (Å²) in [5.74, 6) is 0. The molecule has 4 aromatic heterocycles. The van der Waals surface area contributed by atoms with E-state index >= 15 is 0 Å². The topological polar surface area (TPSA) is 72.3 Å². The molecule has 0 aliphatic carbocycles. The molecule has 0 amide bonds. The lowest BCUT2D eigenvalue weighted by atomic mass is 9.88. The fourth-order valence-electron chi connectivity index (χ4n) is 2.99. The lowest BCUT2D eigenvalue weighted by Crippen LogP contribution is -2.12. The first kappa shape index (κ1) is 15.5. The number of fused-ring (bicyclic) bond motifs is 1. The zero-order valence-corrected chi connectivity index (χ0v) is 14.8. The lowest BCUT2D eigenvalue weighted by molar-refractivity contribution is 0.571. The smallest absolute Gasteiger partial charge is 0.182 e. The number of aromatic nitrogens is 6. The predicted octanol–water partition coefficient (Wildman–Crippen LogP) is 3.72. The quantitative estimate of drug-likeness (QED) is 0.607. The van der Waals surface area contributed by atoms with E-state index in [2.05, 4.69) is 47.1 Å². The van der Waals surface area contributed by atoms with Gasteiger partial charge in [0.1, 0.15) is 0 Å². The molecular weight excluding hydrogens is 312 g/mol. The van der Waals surface area contributed by atoms with Crippen LogP contribution in [0.3, 0.4) is 0 Å². The molecule has 0 fully saturated rings. The van der Waals surface area contributed by atoms with Gasteiger partial charge in [-0.15, -0.1) is 0 Å². The number of pyridine rings is 2. The summed E-state index contributed by atoms with van der Waals surface area (Å²) in [7, 11) is 1.90. The Labute approximate surface area is 145 Å². The SMILES string of the molecule is Cn1cc(-c2cc(-c3ccccn3)c3c(C(C)(C)C)[nH]nc3n2)cn1. The van der Waals surface area contributed by atoms with Gasteiger partial charge in [0, 0.05) is 36.0 Å². The van der Waals surface area contributed by atoms with E-state index in [1.54, 1.807) is 4.68 Å². The standard InChI is InChI=1S/C19H20N6/c1-19(2,3)17-16-13(14-7-5-6-8-20-14)9-15(22-18(16)24-23-17)12-10-21-25(4)11-12/h5-11H,1-4H3,(H,22,23,24). The van der Waals surface area contributed by atoms with Crippen LogP contribution in [-0.2, 0) is 12.5 Å². The molecule has 6 nitrogen and oxygen atoms in total. The second-order valence-electron chi connectivity index (χ2n) is 7.22. The largest absolute Gasteiger partial charge is 0.279 e. The highest BCUT2D eigenvalue weighted by molar-refractivity contribution is 5.96. The van der Waals surface area contributed by atoms with Gasteiger partial charge in [-0.05, 0) is 18.2 Å². The van der Waals surface area contributed by atoms with Crippen molar-refractivity contribution in [1.82, 2.24) is 29.9 Å². The monoisotopic (exact) mass is 332 g/mol. The number of H-pyrrole nitrogens is 1. The van der Waals surface area contributed by atoms with Gasteiger partial charge in [-0.2, -0.15) is 10.2 Å². The van der Waals surface area contributed by atoms with Crippen LogP contribution < -0.4 is 0 Å². The Hall–Kier alpha value is -3.02. The second kappa shape index (κ2) is 5.51. The molecule has 0 spiro atoms. The highest BCUT2D eigenvalue weighted by Crippen LogP contribution is 2.36. The Morgan fingerprint density at radius 1 is 1.12 bits per heavy atom. The van der Waals surface area contributed by atoms with Crippen LogP contribution in [0.1, 0.15) is 26.5 Å². The minimum Gasteiger partial charge on any atom is -0.279 e. The first-order valence-electron chi connectivity index (χ1n) is 8.23. The van der Waals surface area contributed by atoms with Crippen LogP contribution in [-0.4, -0.2) is 29.9 Å². The third-order valence-corrected chi connectivity index (χ3v) is 4.22. The molecule has 1 N–H and O–H groups in total. The first-order chi connectivity index (χ1) is 11.9. The van der Waals surface area contributed by atoms with E-state index in [9.17, 15) is 0 Å². The Morgan fingerprint density at radius 2 is 1.96 bits per heavy atom. The summed E-state index contributed by atoms with van der Waals surface area (Å²) in [5, 5.41) is 12.9. The van der Waals surface area contributed by atoms with E-state index < -0.39 is 0 Å². The Balaban J connectivity index is 2.05. The van der Waals surface area contributed by atoms with Crippen molar-refractivity contribution in [1.29, 1.82) is 0 Å². The molecule has 0 atom stereocenters. The average Bonchev–Trinajstić information content (AvgIpc) is 3.20. The number of hydrogen-bond donors (Lipinski definition) is 1. The van der Waals surface area contributed by atoms with E-state index in [1.807, 2.05) is 43.8 Å². The van der Waals surface area contributed by atoms with Crippen molar-refractivity contribution in [2.75, 3.05) is 0 Å². The Bertz CT molecular complexity index is 1040. The van der Waals surface area contributed by atoms with Crippen LogP contribution in [0.2, 0.25) is 0 Å². The fourth-order valence-corrected chi connectivity index (χ4v) is 2.99. The van der Waals surface area contributed by atoms with E-state index in [-0.39, 0.29) is 5.41 Å². The molecule has 6 heteroatoms. The van der Waals surface area contributed by atoms with Crippen LogP contribution in [0.15, 0.2) is 42.9 Å². The van der Waals surface area contributed by atoms with Gasteiger partial charge in [0.25, 0.3) is 0 Å². The number of nitrogens with one attached hydrogen (secondary N) is 1. The van der Waals surface area contributed by atoms with Gasteiger partial charge in [0.15, 0.2) is 5.65 Å². The zero-order valence-electron chi connectivity index (χ0n) is 14.8. The van der Waals surface area contributed by atoms with Gasteiger partial charge in [0.05, 0.1) is 28.7 Å². The normalized spacial score (nSPS) is 12.0. The molecule has 4 aromatic rings. The van der Waals surface area contributed by atoms with Crippen molar-refractivity contribution in [3.8, 4) is 22.5 Å². The molecule has 0 unspecified atom stereocenters. The van der Waals surface area contributed by atoms with Crippen LogP contribution in [0, 0.1) is 0 Å². The number of aromatic amines is 1. The van der Waals surface area contributed by atoms with Crippen LogP contribution in [0.4, 0.5) is 0 Å². The summed E-state index contributed by atoms with van der Waals surface area (Å²) in [6.07, 6.45) is 5.57. The van der Waals surface area contributed by atoms with Crippen molar-refractivity contribution >= 4 is 11.0 Å². The third kappa shape index (κ3) is 2.69. The summed E-state index contributed by atoms with van der Waals surface area (Å²) in [6, 6.07) is 8.01. The van der Waals surface area contributed by atoms with Crippen LogP contribution in [0.5, 0.6) is 0 Å². The summed E-state index contributed by atoms with van der Waals surface area (Å²) < 4.78 is 1.77. The van der Waals surface area contributed by atoms with Gasteiger partial charge in [-0.1, -0.05) is 26.8 Å². The number of nitrogens with zero attached hydrogens (tertiary/aromatic N) is 5. The van der Waals surface area contributed by atoms with E-state index in [0.717, 1.165) is 33.6 Å². The molecule has 0 saturated heterocycles. The molecule has 126 valence electrons. The molecule has 0 saturated carbocycles.